The minimum atomic E-state index is -0.232. The van der Waals surface area contributed by atoms with Gasteiger partial charge in [0.25, 0.3) is 0 Å². The maximum Gasteiger partial charge on any atom is 0.234 e. The third-order valence-corrected chi connectivity index (χ3v) is 6.85. The maximum atomic E-state index is 12.2. The summed E-state index contributed by atoms with van der Waals surface area (Å²) >= 11 is 20.6. The van der Waals surface area contributed by atoms with Crippen LogP contribution >= 0.6 is 57.9 Å². The molecule has 1 heterocycles. The number of nitrogens with zero attached hydrogens (tertiary/aromatic N) is 2. The number of rotatable bonds is 7. The van der Waals surface area contributed by atoms with Crippen LogP contribution in [0.25, 0.3) is 0 Å². The summed E-state index contributed by atoms with van der Waals surface area (Å²) in [4.78, 5) is 12.2. The van der Waals surface area contributed by atoms with Gasteiger partial charge in [-0.25, -0.2) is 0 Å². The molecule has 0 aliphatic carbocycles. The van der Waals surface area contributed by atoms with Gasteiger partial charge in [-0.05, 0) is 35.7 Å². The summed E-state index contributed by atoms with van der Waals surface area (Å²) in [6, 6.07) is 11.2. The number of aromatic nitrogens is 2. The Hall–Kier alpha value is -1.51. The Bertz CT molecular complexity index is 1010. The van der Waals surface area contributed by atoms with Crippen LogP contribution in [0, 0.1) is 0 Å². The van der Waals surface area contributed by atoms with Crippen LogP contribution in [0.1, 0.15) is 25.3 Å². The van der Waals surface area contributed by atoms with Gasteiger partial charge in [0.2, 0.25) is 11.0 Å². The number of thioether (sulfide) groups is 1. The predicted molar refractivity (Wildman–Crippen MR) is 125 cm³/mol. The van der Waals surface area contributed by atoms with Gasteiger partial charge < -0.3 is 10.6 Å². The van der Waals surface area contributed by atoms with Gasteiger partial charge in [0, 0.05) is 5.69 Å². The van der Waals surface area contributed by atoms with Crippen LogP contribution in [-0.2, 0) is 4.79 Å². The number of nitrogens with one attached hydrogen (secondary N) is 2. The molecule has 0 unspecified atom stereocenters. The van der Waals surface area contributed by atoms with E-state index in [1.807, 2.05) is 12.1 Å². The van der Waals surface area contributed by atoms with Crippen LogP contribution in [0.15, 0.2) is 40.7 Å². The van der Waals surface area contributed by atoms with Crippen LogP contribution in [-0.4, -0.2) is 21.9 Å². The minimum absolute atomic E-state index is 0.161. The lowest BCUT2D eigenvalue weighted by Crippen LogP contribution is -2.14. The van der Waals surface area contributed by atoms with Crippen LogP contribution < -0.4 is 10.6 Å². The van der Waals surface area contributed by atoms with Gasteiger partial charge in [-0.2, -0.15) is 0 Å². The average molecular weight is 488 g/mol. The van der Waals surface area contributed by atoms with E-state index < -0.39 is 0 Å². The molecule has 0 aliphatic heterocycles. The van der Waals surface area contributed by atoms with E-state index in [9.17, 15) is 4.79 Å². The summed E-state index contributed by atoms with van der Waals surface area (Å²) in [6.07, 6.45) is 0. The Morgan fingerprint density at radius 1 is 1.07 bits per heavy atom. The largest absolute Gasteiger partial charge is 0.330 e. The summed E-state index contributed by atoms with van der Waals surface area (Å²) in [5.41, 5.74) is 2.63. The zero-order chi connectivity index (χ0) is 21.0. The maximum absolute atomic E-state index is 12.2. The Morgan fingerprint density at radius 3 is 2.45 bits per heavy atom. The van der Waals surface area contributed by atoms with E-state index in [0.717, 1.165) is 5.69 Å². The van der Waals surface area contributed by atoms with Gasteiger partial charge in [0.1, 0.15) is 0 Å². The van der Waals surface area contributed by atoms with Crippen molar-refractivity contribution < 1.29 is 4.79 Å². The van der Waals surface area contributed by atoms with Crippen molar-refractivity contribution in [2.45, 2.75) is 24.1 Å². The first kappa shape index (κ1) is 22.2. The summed E-state index contributed by atoms with van der Waals surface area (Å²) in [5.74, 6) is 0.414. The van der Waals surface area contributed by atoms with Crippen molar-refractivity contribution in [1.82, 2.24) is 10.2 Å². The number of hydrogen-bond donors (Lipinski definition) is 2. The van der Waals surface area contributed by atoms with Gasteiger partial charge in [0.05, 0.1) is 26.5 Å². The molecular formula is C19H17Cl3N4OS2. The molecule has 0 aliphatic rings. The van der Waals surface area contributed by atoms with Crippen molar-refractivity contribution >= 4 is 80.3 Å². The van der Waals surface area contributed by atoms with Crippen LogP contribution in [0.4, 0.5) is 16.5 Å². The Morgan fingerprint density at radius 2 is 1.76 bits per heavy atom. The molecule has 3 aromatic rings. The second-order valence-corrected chi connectivity index (χ2v) is 9.78. The molecule has 29 heavy (non-hydrogen) atoms. The molecule has 2 N–H and O–H groups in total. The smallest absolute Gasteiger partial charge is 0.234 e. The van der Waals surface area contributed by atoms with E-state index >= 15 is 0 Å². The molecule has 0 saturated heterocycles. The summed E-state index contributed by atoms with van der Waals surface area (Å²) < 4.78 is 0.682. The number of halogens is 3. The molecular weight excluding hydrogens is 471 g/mol. The first-order chi connectivity index (χ1) is 13.8. The van der Waals surface area contributed by atoms with Crippen molar-refractivity contribution in [2.75, 3.05) is 16.4 Å². The molecule has 1 amide bonds. The van der Waals surface area contributed by atoms with Gasteiger partial charge in [-0.3, -0.25) is 4.79 Å². The number of amides is 1. The Kier molecular flexibility index (Phi) is 7.65. The lowest BCUT2D eigenvalue weighted by atomic mass is 10.0. The predicted octanol–water partition coefficient (Wildman–Crippen LogP) is 7.10. The first-order valence-electron chi connectivity index (χ1n) is 8.59. The second kappa shape index (κ2) is 10.00. The molecule has 0 bridgehead atoms. The molecule has 0 fully saturated rings. The fourth-order valence-corrected chi connectivity index (χ4v) is 4.49. The number of carbonyl (C=O) groups excluding carboxylic acids is 1. The first-order valence-corrected chi connectivity index (χ1v) is 11.5. The van der Waals surface area contributed by atoms with Crippen molar-refractivity contribution in [3.05, 3.63) is 57.0 Å². The van der Waals surface area contributed by atoms with Gasteiger partial charge in [-0.1, -0.05) is 83.9 Å². The van der Waals surface area contributed by atoms with Crippen molar-refractivity contribution in [1.29, 1.82) is 0 Å². The number of hydrogen-bond acceptors (Lipinski definition) is 6. The molecule has 0 saturated carbocycles. The highest BCUT2D eigenvalue weighted by molar-refractivity contribution is 8.01. The quantitative estimate of drug-likeness (QED) is 0.275. The molecule has 0 radical (unpaired) electrons. The highest BCUT2D eigenvalue weighted by Gasteiger charge is 2.12. The van der Waals surface area contributed by atoms with Crippen LogP contribution in [0.2, 0.25) is 15.1 Å². The Balaban J connectivity index is 1.53. The highest BCUT2D eigenvalue weighted by atomic mass is 35.5. The SMILES string of the molecule is CC(C)c1ccc(Nc2nnc(SCC(=O)Nc3cc(Cl)c(Cl)cc3Cl)s2)cc1. The molecule has 0 spiro atoms. The van der Waals surface area contributed by atoms with E-state index in [4.69, 9.17) is 34.8 Å². The number of anilines is 3. The monoisotopic (exact) mass is 486 g/mol. The van der Waals surface area contributed by atoms with E-state index in [2.05, 4.69) is 46.8 Å². The molecule has 1 aromatic heterocycles. The number of carbonyl (C=O) groups is 1. The Labute approximate surface area is 192 Å². The standard InChI is InChI=1S/C19H17Cl3N4OS2/c1-10(2)11-3-5-12(6-4-11)23-18-25-26-19(29-18)28-9-17(27)24-16-8-14(21)13(20)7-15(16)22/h3-8,10H,9H2,1-2H3,(H,23,25)(H,24,27). The highest BCUT2D eigenvalue weighted by Crippen LogP contribution is 2.33. The van der Waals surface area contributed by atoms with Crippen molar-refractivity contribution in [3.63, 3.8) is 0 Å². The molecule has 152 valence electrons. The molecule has 3 rings (SSSR count). The second-order valence-electron chi connectivity index (χ2n) is 6.36. The third-order valence-electron chi connectivity index (χ3n) is 3.85. The molecule has 2 aromatic carbocycles. The lowest BCUT2D eigenvalue weighted by Gasteiger charge is -2.08. The lowest BCUT2D eigenvalue weighted by molar-refractivity contribution is -0.113. The van der Waals surface area contributed by atoms with E-state index in [1.165, 1.54) is 40.8 Å². The van der Waals surface area contributed by atoms with Crippen LogP contribution in [0.3, 0.4) is 0 Å². The van der Waals surface area contributed by atoms with E-state index in [-0.39, 0.29) is 11.7 Å². The molecule has 10 heteroatoms. The fourth-order valence-electron chi connectivity index (χ4n) is 2.33. The zero-order valence-corrected chi connectivity index (χ0v) is 19.4. The summed E-state index contributed by atoms with van der Waals surface area (Å²) in [7, 11) is 0. The van der Waals surface area contributed by atoms with E-state index in [1.54, 1.807) is 0 Å². The van der Waals surface area contributed by atoms with Crippen molar-refractivity contribution in [2.24, 2.45) is 0 Å². The van der Waals surface area contributed by atoms with Gasteiger partial charge in [0.15, 0.2) is 4.34 Å². The third kappa shape index (κ3) is 6.23. The van der Waals surface area contributed by atoms with Crippen LogP contribution in [0.5, 0.6) is 0 Å². The van der Waals surface area contributed by atoms with Gasteiger partial charge >= 0.3 is 0 Å². The summed E-state index contributed by atoms with van der Waals surface area (Å²) in [5, 5.41) is 15.8. The van der Waals surface area contributed by atoms with Gasteiger partial charge in [-0.15, -0.1) is 10.2 Å². The topological polar surface area (TPSA) is 66.9 Å². The van der Waals surface area contributed by atoms with Crippen molar-refractivity contribution in [3.8, 4) is 0 Å². The molecule has 5 nitrogen and oxygen atoms in total. The normalized spacial score (nSPS) is 11.0. The molecule has 0 atom stereocenters. The van der Waals surface area contributed by atoms with E-state index in [0.29, 0.717) is 36.1 Å². The fraction of sp³-hybridized carbons (Fsp3) is 0.211. The zero-order valence-electron chi connectivity index (χ0n) is 15.5. The average Bonchev–Trinajstić information content (AvgIpc) is 3.12. The minimum Gasteiger partial charge on any atom is -0.330 e. The summed E-state index contributed by atoms with van der Waals surface area (Å²) in [6.45, 7) is 4.31. The number of benzene rings is 2.